The van der Waals surface area contributed by atoms with Gasteiger partial charge in [0.1, 0.15) is 5.82 Å². The molecule has 2 aliphatic heterocycles. The van der Waals surface area contributed by atoms with Crippen LogP contribution in [0, 0.1) is 11.7 Å². The smallest absolute Gasteiger partial charge is 0.130 e. The number of rotatable bonds is 2. The monoisotopic (exact) mass is 300 g/mol. The standard InChI is InChI=1S/C15H18ClFO3/c16-11-2-1-3-12(17)13(11)14(18)10-4-6-20-15(8-10)5-7-19-9-15/h1-3,10,14,18H,4-9H2. The summed E-state index contributed by atoms with van der Waals surface area (Å²) in [5, 5.41) is 10.8. The first-order chi connectivity index (χ1) is 9.61. The van der Waals surface area contributed by atoms with E-state index in [-0.39, 0.29) is 22.1 Å². The molecule has 2 saturated heterocycles. The molecule has 0 saturated carbocycles. The van der Waals surface area contributed by atoms with E-state index in [9.17, 15) is 9.50 Å². The summed E-state index contributed by atoms with van der Waals surface area (Å²) in [4.78, 5) is 0. The number of halogens is 2. The highest BCUT2D eigenvalue weighted by Gasteiger charge is 2.43. The van der Waals surface area contributed by atoms with Crippen molar-refractivity contribution in [2.75, 3.05) is 19.8 Å². The van der Waals surface area contributed by atoms with Crippen molar-refractivity contribution in [2.45, 2.75) is 31.0 Å². The molecule has 1 aromatic rings. The molecular weight excluding hydrogens is 283 g/mol. The number of hydrogen-bond donors (Lipinski definition) is 1. The lowest BCUT2D eigenvalue weighted by molar-refractivity contribution is -0.117. The molecule has 0 bridgehead atoms. The van der Waals surface area contributed by atoms with E-state index in [1.807, 2.05) is 0 Å². The van der Waals surface area contributed by atoms with Gasteiger partial charge in [0.05, 0.1) is 18.3 Å². The third-order valence-corrected chi connectivity index (χ3v) is 4.67. The first-order valence-electron chi connectivity index (χ1n) is 6.95. The Balaban J connectivity index is 1.81. The Morgan fingerprint density at radius 3 is 2.95 bits per heavy atom. The fourth-order valence-electron chi connectivity index (χ4n) is 3.23. The Kier molecular flexibility index (Phi) is 4.00. The Hall–Kier alpha value is -0.680. The van der Waals surface area contributed by atoms with Gasteiger partial charge in [-0.15, -0.1) is 0 Å². The van der Waals surface area contributed by atoms with Gasteiger partial charge in [0, 0.05) is 30.2 Å². The summed E-state index contributed by atoms with van der Waals surface area (Å²) in [6.45, 7) is 1.81. The summed E-state index contributed by atoms with van der Waals surface area (Å²) in [5.41, 5.74) is -0.100. The molecule has 20 heavy (non-hydrogen) atoms. The van der Waals surface area contributed by atoms with Gasteiger partial charge in [-0.1, -0.05) is 17.7 Å². The van der Waals surface area contributed by atoms with E-state index in [1.54, 1.807) is 12.1 Å². The van der Waals surface area contributed by atoms with Crippen LogP contribution in [0.3, 0.4) is 0 Å². The van der Waals surface area contributed by atoms with Gasteiger partial charge in [0.15, 0.2) is 0 Å². The van der Waals surface area contributed by atoms with E-state index < -0.39 is 11.9 Å². The van der Waals surface area contributed by atoms with E-state index in [1.165, 1.54) is 6.07 Å². The van der Waals surface area contributed by atoms with Crippen LogP contribution in [0.2, 0.25) is 5.02 Å². The largest absolute Gasteiger partial charge is 0.388 e. The molecule has 1 N–H and O–H groups in total. The zero-order chi connectivity index (χ0) is 14.2. The molecule has 5 heteroatoms. The summed E-state index contributed by atoms with van der Waals surface area (Å²) in [7, 11) is 0. The molecule has 0 amide bonds. The quantitative estimate of drug-likeness (QED) is 0.912. The zero-order valence-corrected chi connectivity index (χ0v) is 11.9. The van der Waals surface area contributed by atoms with E-state index in [0.29, 0.717) is 32.7 Å². The number of hydrogen-bond acceptors (Lipinski definition) is 3. The minimum absolute atomic E-state index is 0.0557. The maximum atomic E-state index is 13.9. The highest BCUT2D eigenvalue weighted by molar-refractivity contribution is 6.31. The molecule has 2 aliphatic rings. The van der Waals surface area contributed by atoms with Gasteiger partial charge in [-0.05, 0) is 30.9 Å². The molecular formula is C15H18ClFO3. The maximum absolute atomic E-state index is 13.9. The molecule has 1 spiro atoms. The molecule has 0 aliphatic carbocycles. The number of aliphatic hydroxyl groups excluding tert-OH is 1. The average molecular weight is 301 g/mol. The van der Waals surface area contributed by atoms with Crippen LogP contribution in [0.15, 0.2) is 18.2 Å². The third kappa shape index (κ3) is 2.58. The van der Waals surface area contributed by atoms with Gasteiger partial charge in [-0.25, -0.2) is 4.39 Å². The van der Waals surface area contributed by atoms with Crippen molar-refractivity contribution in [3.63, 3.8) is 0 Å². The summed E-state index contributed by atoms with van der Waals surface area (Å²) in [5.74, 6) is -0.506. The highest BCUT2D eigenvalue weighted by atomic mass is 35.5. The number of ether oxygens (including phenoxy) is 2. The minimum atomic E-state index is -0.898. The zero-order valence-electron chi connectivity index (χ0n) is 11.1. The minimum Gasteiger partial charge on any atom is -0.388 e. The molecule has 1 aromatic carbocycles. The molecule has 110 valence electrons. The van der Waals surface area contributed by atoms with Gasteiger partial charge in [-0.3, -0.25) is 0 Å². The van der Waals surface area contributed by atoms with Crippen molar-refractivity contribution in [3.8, 4) is 0 Å². The normalized spacial score (nSPS) is 31.6. The highest BCUT2D eigenvalue weighted by Crippen LogP contribution is 2.42. The molecule has 0 aromatic heterocycles. The Morgan fingerprint density at radius 1 is 1.40 bits per heavy atom. The van der Waals surface area contributed by atoms with E-state index in [0.717, 1.165) is 6.42 Å². The van der Waals surface area contributed by atoms with E-state index >= 15 is 0 Å². The van der Waals surface area contributed by atoms with Crippen molar-refractivity contribution in [3.05, 3.63) is 34.6 Å². The van der Waals surface area contributed by atoms with Gasteiger partial charge in [0.25, 0.3) is 0 Å². The number of benzene rings is 1. The third-order valence-electron chi connectivity index (χ3n) is 4.34. The molecule has 0 radical (unpaired) electrons. The fourth-order valence-corrected chi connectivity index (χ4v) is 3.50. The molecule has 3 rings (SSSR count). The maximum Gasteiger partial charge on any atom is 0.130 e. The second-order valence-corrected chi connectivity index (χ2v) is 6.07. The molecule has 2 fully saturated rings. The molecule has 3 unspecified atom stereocenters. The van der Waals surface area contributed by atoms with Crippen molar-refractivity contribution < 1.29 is 19.0 Å². The van der Waals surface area contributed by atoms with E-state index in [4.69, 9.17) is 21.1 Å². The first kappa shape index (κ1) is 14.3. The fraction of sp³-hybridized carbons (Fsp3) is 0.600. The lowest BCUT2D eigenvalue weighted by Crippen LogP contribution is -2.42. The Bertz CT molecular complexity index is 468. The predicted octanol–water partition coefficient (Wildman–Crippen LogP) is 3.10. The average Bonchev–Trinajstić information content (AvgIpc) is 2.86. The van der Waals surface area contributed by atoms with Gasteiger partial charge in [0.2, 0.25) is 0 Å². The lowest BCUT2D eigenvalue weighted by Gasteiger charge is -2.39. The van der Waals surface area contributed by atoms with Gasteiger partial charge in [-0.2, -0.15) is 0 Å². The van der Waals surface area contributed by atoms with E-state index in [2.05, 4.69) is 0 Å². The Morgan fingerprint density at radius 2 is 2.25 bits per heavy atom. The molecule has 3 nitrogen and oxygen atoms in total. The van der Waals surface area contributed by atoms with Crippen LogP contribution in [0.4, 0.5) is 4.39 Å². The van der Waals surface area contributed by atoms with Crippen LogP contribution < -0.4 is 0 Å². The van der Waals surface area contributed by atoms with Crippen molar-refractivity contribution in [2.24, 2.45) is 5.92 Å². The van der Waals surface area contributed by atoms with Crippen LogP contribution >= 0.6 is 11.6 Å². The van der Waals surface area contributed by atoms with Gasteiger partial charge >= 0.3 is 0 Å². The lowest BCUT2D eigenvalue weighted by atomic mass is 9.80. The number of aliphatic hydroxyl groups is 1. The second kappa shape index (κ2) is 5.60. The molecule has 2 heterocycles. The summed E-state index contributed by atoms with van der Waals surface area (Å²) in [6, 6.07) is 4.49. The van der Waals surface area contributed by atoms with Crippen LogP contribution in [-0.2, 0) is 9.47 Å². The van der Waals surface area contributed by atoms with Crippen LogP contribution in [0.1, 0.15) is 30.9 Å². The van der Waals surface area contributed by atoms with Crippen LogP contribution in [0.25, 0.3) is 0 Å². The SMILES string of the molecule is OC(c1c(F)cccc1Cl)C1CCOC2(CCOC2)C1. The van der Waals surface area contributed by atoms with Crippen molar-refractivity contribution in [1.29, 1.82) is 0 Å². The topological polar surface area (TPSA) is 38.7 Å². The van der Waals surface area contributed by atoms with Crippen LogP contribution in [-0.4, -0.2) is 30.5 Å². The van der Waals surface area contributed by atoms with Crippen molar-refractivity contribution >= 4 is 11.6 Å². The van der Waals surface area contributed by atoms with Crippen molar-refractivity contribution in [1.82, 2.24) is 0 Å². The van der Waals surface area contributed by atoms with Crippen LogP contribution in [0.5, 0.6) is 0 Å². The predicted molar refractivity (Wildman–Crippen MR) is 73.2 cm³/mol. The summed E-state index contributed by atoms with van der Waals surface area (Å²) >= 11 is 6.04. The molecule has 3 atom stereocenters. The Labute approximate surface area is 122 Å². The summed E-state index contributed by atoms with van der Waals surface area (Å²) in [6.07, 6.45) is 1.32. The summed E-state index contributed by atoms with van der Waals surface area (Å²) < 4.78 is 25.2. The first-order valence-corrected chi connectivity index (χ1v) is 7.33. The van der Waals surface area contributed by atoms with Gasteiger partial charge < -0.3 is 14.6 Å². The second-order valence-electron chi connectivity index (χ2n) is 5.67.